The number of hydrogen-bond acceptors (Lipinski definition) is 4. The molecule has 0 spiro atoms. The van der Waals surface area contributed by atoms with Gasteiger partial charge in [0.1, 0.15) is 5.82 Å². The summed E-state index contributed by atoms with van der Waals surface area (Å²) >= 11 is 0. The van der Waals surface area contributed by atoms with Crippen LogP contribution in [0.15, 0.2) is 18.3 Å². The molecule has 21 heavy (non-hydrogen) atoms. The number of nitrogens with zero attached hydrogens (tertiary/aromatic N) is 4. The van der Waals surface area contributed by atoms with Crippen LogP contribution >= 0.6 is 0 Å². The van der Waals surface area contributed by atoms with Crippen LogP contribution in [0.4, 0.5) is 10.3 Å². The van der Waals surface area contributed by atoms with E-state index in [0.29, 0.717) is 17.7 Å². The van der Waals surface area contributed by atoms with Crippen molar-refractivity contribution < 1.29 is 4.39 Å². The summed E-state index contributed by atoms with van der Waals surface area (Å²) in [6, 6.07) is 4.17. The quantitative estimate of drug-likeness (QED) is 0.935. The maximum atomic E-state index is 13.3. The van der Waals surface area contributed by atoms with E-state index in [1.165, 1.54) is 48.9 Å². The average Bonchev–Trinajstić information content (AvgIpc) is 3.25. The van der Waals surface area contributed by atoms with Crippen molar-refractivity contribution >= 4 is 11.6 Å². The highest BCUT2D eigenvalue weighted by atomic mass is 19.1. The second kappa shape index (κ2) is 5.26. The number of nitrogens with one attached hydrogen (secondary N) is 1. The minimum atomic E-state index is -0.286. The Labute approximate surface area is 123 Å². The van der Waals surface area contributed by atoms with Crippen LogP contribution in [-0.2, 0) is 0 Å². The van der Waals surface area contributed by atoms with E-state index >= 15 is 0 Å². The first kappa shape index (κ1) is 13.0. The lowest BCUT2D eigenvalue weighted by Gasteiger charge is -2.30. The molecule has 0 radical (unpaired) electrons. The molecular weight excluding hydrogens is 269 g/mol. The minimum absolute atomic E-state index is 0.286. The number of pyridine rings is 1. The molecule has 1 saturated carbocycles. The SMILES string of the molecule is Fc1ccc2nc(N(CC3CCCCN3)C3CC3)nn2c1. The van der Waals surface area contributed by atoms with Crippen LogP contribution in [-0.4, -0.2) is 39.8 Å². The lowest BCUT2D eigenvalue weighted by molar-refractivity contribution is 0.397. The molecule has 1 atom stereocenters. The summed E-state index contributed by atoms with van der Waals surface area (Å²) in [6.45, 7) is 2.05. The van der Waals surface area contributed by atoms with Gasteiger partial charge >= 0.3 is 0 Å². The lowest BCUT2D eigenvalue weighted by atomic mass is 10.0. The van der Waals surface area contributed by atoms with Gasteiger partial charge in [0, 0.05) is 18.6 Å². The maximum Gasteiger partial charge on any atom is 0.245 e. The zero-order valence-electron chi connectivity index (χ0n) is 12.0. The van der Waals surface area contributed by atoms with E-state index in [9.17, 15) is 4.39 Å². The Bertz CT molecular complexity index is 630. The first-order chi connectivity index (χ1) is 10.3. The normalized spacial score (nSPS) is 22.6. The Kier molecular flexibility index (Phi) is 3.25. The van der Waals surface area contributed by atoms with Crippen LogP contribution in [0.1, 0.15) is 32.1 Å². The molecule has 1 unspecified atom stereocenters. The van der Waals surface area contributed by atoms with E-state index in [2.05, 4.69) is 20.3 Å². The fourth-order valence-corrected chi connectivity index (χ4v) is 3.07. The molecule has 1 N–H and O–H groups in total. The number of fused-ring (bicyclic) bond motifs is 1. The van der Waals surface area contributed by atoms with Crippen molar-refractivity contribution in [2.24, 2.45) is 0 Å². The van der Waals surface area contributed by atoms with Gasteiger partial charge < -0.3 is 10.2 Å². The van der Waals surface area contributed by atoms with E-state index in [1.807, 2.05) is 0 Å². The van der Waals surface area contributed by atoms with Gasteiger partial charge in [-0.15, -0.1) is 5.10 Å². The van der Waals surface area contributed by atoms with Crippen molar-refractivity contribution in [3.8, 4) is 0 Å². The van der Waals surface area contributed by atoms with Crippen molar-refractivity contribution in [2.75, 3.05) is 18.0 Å². The summed E-state index contributed by atoms with van der Waals surface area (Å²) in [7, 11) is 0. The molecule has 0 bridgehead atoms. The zero-order chi connectivity index (χ0) is 14.2. The fourth-order valence-electron chi connectivity index (χ4n) is 3.07. The van der Waals surface area contributed by atoms with Gasteiger partial charge in [0.25, 0.3) is 0 Å². The predicted molar refractivity (Wildman–Crippen MR) is 79.0 cm³/mol. The lowest BCUT2D eigenvalue weighted by Crippen LogP contribution is -2.45. The summed E-state index contributed by atoms with van der Waals surface area (Å²) in [5.41, 5.74) is 0.702. The van der Waals surface area contributed by atoms with Crippen LogP contribution in [0, 0.1) is 5.82 Å². The second-order valence-corrected chi connectivity index (χ2v) is 6.09. The van der Waals surface area contributed by atoms with Gasteiger partial charge in [-0.05, 0) is 44.4 Å². The standard InChI is InChI=1S/C15H20FN5/c16-11-4-7-14-18-15(19-21(14)9-11)20(13-5-6-13)10-12-3-1-2-8-17-12/h4,7,9,12-13,17H,1-3,5-6,8,10H2. The number of hydrogen-bond donors (Lipinski definition) is 1. The number of halogens is 1. The van der Waals surface area contributed by atoms with Gasteiger partial charge in [-0.1, -0.05) is 6.42 Å². The fraction of sp³-hybridized carbons (Fsp3) is 0.600. The first-order valence-electron chi connectivity index (χ1n) is 7.81. The highest BCUT2D eigenvalue weighted by Crippen LogP contribution is 2.30. The smallest absolute Gasteiger partial charge is 0.245 e. The number of piperidine rings is 1. The molecule has 0 amide bonds. The van der Waals surface area contributed by atoms with Gasteiger partial charge in [0.2, 0.25) is 5.95 Å². The molecular formula is C15H20FN5. The van der Waals surface area contributed by atoms with Crippen LogP contribution < -0.4 is 10.2 Å². The Morgan fingerprint density at radius 1 is 1.29 bits per heavy atom. The van der Waals surface area contributed by atoms with Gasteiger partial charge in [-0.3, -0.25) is 0 Å². The Hall–Kier alpha value is -1.69. The molecule has 2 aromatic rings. The van der Waals surface area contributed by atoms with E-state index in [0.717, 1.165) is 19.0 Å². The molecule has 6 heteroatoms. The van der Waals surface area contributed by atoms with Crippen molar-refractivity contribution in [1.29, 1.82) is 0 Å². The van der Waals surface area contributed by atoms with E-state index in [4.69, 9.17) is 0 Å². The van der Waals surface area contributed by atoms with Crippen LogP contribution in [0.25, 0.3) is 5.65 Å². The van der Waals surface area contributed by atoms with Crippen LogP contribution in [0.3, 0.4) is 0 Å². The number of aromatic nitrogens is 3. The van der Waals surface area contributed by atoms with Gasteiger partial charge in [0.15, 0.2) is 5.65 Å². The topological polar surface area (TPSA) is 45.5 Å². The molecule has 112 valence electrons. The van der Waals surface area contributed by atoms with Crippen LogP contribution in [0.5, 0.6) is 0 Å². The second-order valence-electron chi connectivity index (χ2n) is 6.09. The summed E-state index contributed by atoms with van der Waals surface area (Å²) in [6.07, 6.45) is 7.57. The molecule has 5 nitrogen and oxygen atoms in total. The summed E-state index contributed by atoms with van der Waals surface area (Å²) in [5, 5.41) is 8.05. The highest BCUT2D eigenvalue weighted by Gasteiger charge is 2.33. The van der Waals surface area contributed by atoms with Crippen molar-refractivity contribution in [1.82, 2.24) is 19.9 Å². The third kappa shape index (κ3) is 2.72. The van der Waals surface area contributed by atoms with E-state index in [-0.39, 0.29) is 5.82 Å². The third-order valence-electron chi connectivity index (χ3n) is 4.36. The molecule has 2 aliphatic rings. The molecule has 2 fully saturated rings. The summed E-state index contributed by atoms with van der Waals surface area (Å²) < 4.78 is 14.8. The molecule has 1 saturated heterocycles. The predicted octanol–water partition coefficient (Wildman–Crippen LogP) is 1.98. The molecule has 3 heterocycles. The molecule has 4 rings (SSSR count). The van der Waals surface area contributed by atoms with Crippen LogP contribution in [0.2, 0.25) is 0 Å². The molecule has 1 aliphatic carbocycles. The Balaban J connectivity index is 1.59. The van der Waals surface area contributed by atoms with Gasteiger partial charge in [0.05, 0.1) is 6.20 Å². The van der Waals surface area contributed by atoms with Crippen molar-refractivity contribution in [2.45, 2.75) is 44.2 Å². The Morgan fingerprint density at radius 3 is 2.95 bits per heavy atom. The van der Waals surface area contributed by atoms with Gasteiger partial charge in [-0.2, -0.15) is 4.98 Å². The molecule has 2 aromatic heterocycles. The average molecular weight is 289 g/mol. The van der Waals surface area contributed by atoms with E-state index in [1.54, 1.807) is 6.07 Å². The maximum absolute atomic E-state index is 13.3. The van der Waals surface area contributed by atoms with Gasteiger partial charge in [-0.25, -0.2) is 8.91 Å². The summed E-state index contributed by atoms with van der Waals surface area (Å²) in [4.78, 5) is 6.86. The van der Waals surface area contributed by atoms with Crippen molar-refractivity contribution in [3.63, 3.8) is 0 Å². The monoisotopic (exact) mass is 289 g/mol. The molecule has 1 aliphatic heterocycles. The Morgan fingerprint density at radius 2 is 2.19 bits per heavy atom. The first-order valence-corrected chi connectivity index (χ1v) is 7.81. The molecule has 0 aromatic carbocycles. The summed E-state index contributed by atoms with van der Waals surface area (Å²) in [5.74, 6) is 0.446. The zero-order valence-corrected chi connectivity index (χ0v) is 12.0. The largest absolute Gasteiger partial charge is 0.335 e. The highest BCUT2D eigenvalue weighted by molar-refractivity contribution is 5.46. The van der Waals surface area contributed by atoms with Crippen molar-refractivity contribution in [3.05, 3.63) is 24.1 Å². The van der Waals surface area contributed by atoms with E-state index < -0.39 is 0 Å². The number of rotatable bonds is 4. The minimum Gasteiger partial charge on any atom is -0.335 e. The third-order valence-corrected chi connectivity index (χ3v) is 4.36. The number of anilines is 1.